The van der Waals surface area contributed by atoms with Gasteiger partial charge in [0.1, 0.15) is 0 Å². The molecule has 0 unspecified atom stereocenters. The Balaban J connectivity index is 0.000000180. The second kappa shape index (κ2) is 7.33. The molecular weight excluding hydrogens is 179 g/mol. The predicted octanol–water partition coefficient (Wildman–Crippen LogP) is 2.79. The summed E-state index contributed by atoms with van der Waals surface area (Å²) in [6, 6.07) is 0. The summed E-state index contributed by atoms with van der Waals surface area (Å²) in [5, 5.41) is 0. The van der Waals surface area contributed by atoms with E-state index in [9.17, 15) is 0 Å². The van der Waals surface area contributed by atoms with Crippen molar-refractivity contribution in [1.82, 2.24) is 0 Å². The zero-order chi connectivity index (χ0) is 7.82. The van der Waals surface area contributed by atoms with Crippen molar-refractivity contribution in [3.63, 3.8) is 0 Å². The van der Waals surface area contributed by atoms with Crippen LogP contribution in [0, 0.1) is 0 Å². The quantitative estimate of drug-likeness (QED) is 0.338. The van der Waals surface area contributed by atoms with Crippen LogP contribution in [-0.2, 0) is 20.4 Å². The van der Waals surface area contributed by atoms with Crippen LogP contribution in [0.3, 0.4) is 0 Å². The van der Waals surface area contributed by atoms with Gasteiger partial charge in [0.2, 0.25) is 0 Å². The Hall–Kier alpha value is 0.224. The molecule has 0 N–H and O–H groups in total. The van der Waals surface area contributed by atoms with Crippen molar-refractivity contribution in [2.75, 3.05) is 5.88 Å². The average Bonchev–Trinajstić information content (AvgIpc) is 2.40. The molecule has 0 spiro atoms. The van der Waals surface area contributed by atoms with Crippen LogP contribution in [0.25, 0.3) is 0 Å². The molecule has 10 heavy (non-hydrogen) atoms. The number of hydrogen-bond donors (Lipinski definition) is 0. The van der Waals surface area contributed by atoms with Crippen LogP contribution in [-0.4, -0.2) is 5.88 Å². The summed E-state index contributed by atoms with van der Waals surface area (Å²) in [7, 11) is 0. The molecule has 0 aromatic rings. The molecule has 0 saturated carbocycles. The summed E-state index contributed by atoms with van der Waals surface area (Å²) in [6.07, 6.45) is 9.20. The van der Waals surface area contributed by atoms with Gasteiger partial charge in [0.25, 0.3) is 0 Å². The van der Waals surface area contributed by atoms with Gasteiger partial charge in [0.15, 0.2) is 0 Å². The monoisotopic (exact) mass is 189 g/mol. The zero-order valence-corrected chi connectivity index (χ0v) is 8.13. The van der Waals surface area contributed by atoms with Crippen molar-refractivity contribution in [3.05, 3.63) is 34.8 Å². The molecule has 0 saturated heterocycles. The van der Waals surface area contributed by atoms with Gasteiger partial charge >= 0.3 is 49.0 Å². The molecule has 0 atom stereocenters. The molecule has 0 fully saturated rings. The van der Waals surface area contributed by atoms with Crippen molar-refractivity contribution in [2.24, 2.45) is 0 Å². The molecule has 2 heteroatoms. The van der Waals surface area contributed by atoms with Crippen molar-refractivity contribution < 1.29 is 20.4 Å². The fourth-order valence-corrected chi connectivity index (χ4v) is 0.782. The first kappa shape index (κ1) is 10.2. The van der Waals surface area contributed by atoms with Gasteiger partial charge in [-0.2, -0.15) is 0 Å². The third-order valence-electron chi connectivity index (χ3n) is 0.880. The van der Waals surface area contributed by atoms with Gasteiger partial charge in [0.05, 0.1) is 0 Å². The van der Waals surface area contributed by atoms with E-state index in [2.05, 4.69) is 45.2 Å². The van der Waals surface area contributed by atoms with E-state index in [0.717, 1.165) is 0 Å². The van der Waals surface area contributed by atoms with E-state index in [1.54, 1.807) is 6.08 Å². The van der Waals surface area contributed by atoms with E-state index in [0.29, 0.717) is 5.88 Å². The zero-order valence-electron chi connectivity index (χ0n) is 5.81. The van der Waals surface area contributed by atoms with Crippen LogP contribution in [0.15, 0.2) is 34.8 Å². The van der Waals surface area contributed by atoms with Gasteiger partial charge < -0.3 is 0 Å². The molecule has 0 radical (unpaired) electrons. The van der Waals surface area contributed by atoms with E-state index in [4.69, 9.17) is 11.6 Å². The third kappa shape index (κ3) is 6.35. The van der Waals surface area contributed by atoms with Crippen molar-refractivity contribution in [3.8, 4) is 0 Å². The molecule has 0 aliphatic heterocycles. The van der Waals surface area contributed by atoms with Crippen molar-refractivity contribution >= 4 is 11.6 Å². The fourth-order valence-electron chi connectivity index (χ4n) is 0.447. The Bertz CT molecular complexity index is 147. The normalized spacial score (nSPS) is 13.4. The average molecular weight is 189 g/mol. The van der Waals surface area contributed by atoms with E-state index in [1.807, 2.05) is 0 Å². The Morgan fingerprint density at radius 3 is 2.50 bits per heavy atom. The third-order valence-corrected chi connectivity index (χ3v) is 1.68. The number of halogens is 1. The second-order valence-corrected chi connectivity index (χ2v) is 3.08. The Kier molecular flexibility index (Phi) is 7.50. The summed E-state index contributed by atoms with van der Waals surface area (Å²) < 4.78 is 1.47. The number of allylic oxidation sites excluding steroid dienone is 5. The topological polar surface area (TPSA) is 0 Å². The molecule has 0 nitrogen and oxygen atoms in total. The molecule has 1 aliphatic carbocycles. The first-order chi connectivity index (χ1) is 4.81. The summed E-state index contributed by atoms with van der Waals surface area (Å²) in [5.74, 6) is 0.556. The van der Waals surface area contributed by atoms with Crippen LogP contribution in [0.2, 0.25) is 0 Å². The second-order valence-electron chi connectivity index (χ2n) is 1.77. The molecule has 0 heterocycles. The van der Waals surface area contributed by atoms with Gasteiger partial charge in [-0.05, 0) is 0 Å². The standard InChI is InChI=1S/C5H5.C3H5Cl.Ti/c1-2-4-5-3-1;1-2-3-4;/h1-3H,4H2;2H,1,3H2;. The van der Waals surface area contributed by atoms with Gasteiger partial charge in [0, 0.05) is 5.88 Å². The number of hydrogen-bond acceptors (Lipinski definition) is 0. The Morgan fingerprint density at radius 1 is 1.80 bits per heavy atom. The van der Waals surface area contributed by atoms with Crippen LogP contribution in [0.5, 0.6) is 0 Å². The van der Waals surface area contributed by atoms with Gasteiger partial charge in [-0.1, -0.05) is 6.08 Å². The van der Waals surface area contributed by atoms with Crippen LogP contribution < -0.4 is 0 Å². The summed E-state index contributed by atoms with van der Waals surface area (Å²) in [5.41, 5.74) is 0. The molecule has 0 aromatic heterocycles. The molecule has 0 aromatic carbocycles. The van der Waals surface area contributed by atoms with Gasteiger partial charge in [-0.15, -0.1) is 18.2 Å². The van der Waals surface area contributed by atoms with Crippen LogP contribution in [0.4, 0.5) is 0 Å². The van der Waals surface area contributed by atoms with Crippen LogP contribution in [0.1, 0.15) is 6.42 Å². The van der Waals surface area contributed by atoms with Crippen molar-refractivity contribution in [2.45, 2.75) is 6.42 Å². The molecule has 0 amide bonds. The maximum atomic E-state index is 5.07. The fraction of sp³-hybridized carbons (Fsp3) is 0.250. The Morgan fingerprint density at radius 2 is 2.40 bits per heavy atom. The van der Waals surface area contributed by atoms with E-state index in [-0.39, 0.29) is 0 Å². The molecular formula is C8H10ClTi. The molecule has 0 bridgehead atoms. The predicted molar refractivity (Wildman–Crippen MR) is 42.8 cm³/mol. The number of alkyl halides is 1. The van der Waals surface area contributed by atoms with E-state index < -0.39 is 0 Å². The van der Waals surface area contributed by atoms with Crippen LogP contribution >= 0.6 is 11.6 Å². The maximum absolute atomic E-state index is 5.07. The van der Waals surface area contributed by atoms with Gasteiger partial charge in [-0.3, -0.25) is 0 Å². The van der Waals surface area contributed by atoms with E-state index >= 15 is 0 Å². The SMILES string of the molecule is C=CCCl.[Ti][C]1=CC=CC1. The molecule has 1 aliphatic rings. The summed E-state index contributed by atoms with van der Waals surface area (Å²) in [4.78, 5) is 0. The first-order valence-electron chi connectivity index (χ1n) is 3.05. The minimum atomic E-state index is 0.556. The summed E-state index contributed by atoms with van der Waals surface area (Å²) >= 11 is 7.21. The van der Waals surface area contributed by atoms with Gasteiger partial charge in [-0.25, -0.2) is 0 Å². The Labute approximate surface area is 79.1 Å². The van der Waals surface area contributed by atoms with Crippen molar-refractivity contribution in [1.29, 1.82) is 0 Å². The minimum absolute atomic E-state index is 0.556. The number of rotatable bonds is 1. The molecule has 1 rings (SSSR count). The van der Waals surface area contributed by atoms with E-state index in [1.165, 1.54) is 10.3 Å². The summed E-state index contributed by atoms with van der Waals surface area (Å²) in [6.45, 7) is 3.35. The molecule has 53 valence electrons. The first-order valence-corrected chi connectivity index (χ1v) is 4.37.